The van der Waals surface area contributed by atoms with Crippen LogP contribution in [-0.4, -0.2) is 16.3 Å². The molecule has 0 aliphatic heterocycles. The summed E-state index contributed by atoms with van der Waals surface area (Å²) in [6.45, 7) is 0. The molecule has 1 saturated carbocycles. The van der Waals surface area contributed by atoms with E-state index in [1.165, 1.54) is 18.2 Å². The molecule has 4 nitrogen and oxygen atoms in total. The Hall–Kier alpha value is -1.61. The summed E-state index contributed by atoms with van der Waals surface area (Å²) < 4.78 is 38.4. The third-order valence-electron chi connectivity index (χ3n) is 2.68. The molecule has 2 rings (SSSR count). The maximum absolute atomic E-state index is 12.8. The quantitative estimate of drug-likeness (QED) is 0.493. The highest BCUT2D eigenvalue weighted by Crippen LogP contribution is 2.34. The van der Waals surface area contributed by atoms with Gasteiger partial charge in [-0.3, -0.25) is 10.9 Å². The Morgan fingerprint density at radius 2 is 1.67 bits per heavy atom. The second-order valence-corrected chi connectivity index (χ2v) is 5.31. The minimum absolute atomic E-state index is 0.00773. The van der Waals surface area contributed by atoms with Crippen molar-refractivity contribution in [2.24, 2.45) is 0 Å². The summed E-state index contributed by atoms with van der Waals surface area (Å²) in [6, 6.07) is 5.47. The summed E-state index contributed by atoms with van der Waals surface area (Å²) in [5, 5.41) is 5.84. The van der Waals surface area contributed by atoms with Crippen LogP contribution in [0.1, 0.15) is 18.4 Å². The topological polar surface area (TPSA) is 48.1 Å². The lowest BCUT2D eigenvalue weighted by atomic mass is 10.2. The minimum atomic E-state index is -4.45. The van der Waals surface area contributed by atoms with Gasteiger partial charge in [0.1, 0.15) is 0 Å². The van der Waals surface area contributed by atoms with Crippen LogP contribution < -0.4 is 21.5 Å². The fourth-order valence-corrected chi connectivity index (χ4v) is 1.93. The van der Waals surface area contributed by atoms with Gasteiger partial charge in [-0.25, -0.2) is 0 Å². The first-order valence-electron chi connectivity index (χ1n) is 6.16. The Morgan fingerprint density at radius 1 is 1.05 bits per heavy atom. The molecule has 9 heteroatoms. The van der Waals surface area contributed by atoms with E-state index < -0.39 is 11.7 Å². The summed E-state index contributed by atoms with van der Waals surface area (Å²) in [4.78, 5) is 0. The number of hydrogen-bond acceptors (Lipinski definition) is 2. The number of halogens is 3. The van der Waals surface area contributed by atoms with Crippen molar-refractivity contribution in [3.8, 4) is 0 Å². The molecule has 0 heterocycles. The number of anilines is 1. The maximum Gasteiger partial charge on any atom is 0.418 e. The number of para-hydroxylation sites is 1. The molecule has 4 N–H and O–H groups in total. The molecule has 1 aliphatic rings. The fourth-order valence-electron chi connectivity index (χ4n) is 1.56. The lowest BCUT2D eigenvalue weighted by Crippen LogP contribution is -2.48. The SMILES string of the molecule is FC(F)(F)c1ccccc1NC(=S)NNC(=S)NC1CC1. The molecular formula is C12H13F3N4S2. The standard InChI is InChI=1S/C12H13F3N4S2/c13-12(14,15)8-3-1-2-4-9(8)17-11(21)19-18-10(20)16-7-5-6-7/h1-4,7H,5-6H2,(H2,16,18,20)(H2,17,19,21). The van der Waals surface area contributed by atoms with Gasteiger partial charge in [0.15, 0.2) is 10.2 Å². The highest BCUT2D eigenvalue weighted by Gasteiger charge is 2.33. The molecule has 0 atom stereocenters. The van der Waals surface area contributed by atoms with E-state index in [9.17, 15) is 13.2 Å². The Bertz CT molecular complexity index is 544. The van der Waals surface area contributed by atoms with Crippen LogP contribution in [0.15, 0.2) is 24.3 Å². The zero-order valence-electron chi connectivity index (χ0n) is 10.8. The summed E-state index contributed by atoms with van der Waals surface area (Å²) in [5.41, 5.74) is 4.26. The zero-order valence-corrected chi connectivity index (χ0v) is 12.4. The largest absolute Gasteiger partial charge is 0.418 e. The Balaban J connectivity index is 1.88. The fraction of sp³-hybridized carbons (Fsp3) is 0.333. The van der Waals surface area contributed by atoms with Gasteiger partial charge in [0, 0.05) is 6.04 Å². The predicted molar refractivity (Wildman–Crippen MR) is 82.7 cm³/mol. The van der Waals surface area contributed by atoms with Gasteiger partial charge in [0.05, 0.1) is 11.3 Å². The van der Waals surface area contributed by atoms with E-state index in [0.29, 0.717) is 11.2 Å². The van der Waals surface area contributed by atoms with Gasteiger partial charge in [0.25, 0.3) is 0 Å². The second kappa shape index (κ2) is 6.44. The second-order valence-electron chi connectivity index (χ2n) is 4.50. The Kier molecular flexibility index (Phi) is 4.84. The van der Waals surface area contributed by atoms with Gasteiger partial charge in [-0.1, -0.05) is 12.1 Å². The number of nitrogens with one attached hydrogen (secondary N) is 4. The monoisotopic (exact) mass is 334 g/mol. The summed E-state index contributed by atoms with van der Waals surface area (Å²) in [7, 11) is 0. The van der Waals surface area contributed by atoms with Crippen molar-refractivity contribution in [1.82, 2.24) is 16.2 Å². The highest BCUT2D eigenvalue weighted by atomic mass is 32.1. The van der Waals surface area contributed by atoms with Crippen LogP contribution >= 0.6 is 24.4 Å². The molecule has 0 saturated heterocycles. The molecule has 0 aromatic heterocycles. The Morgan fingerprint density at radius 3 is 2.29 bits per heavy atom. The van der Waals surface area contributed by atoms with E-state index in [4.69, 9.17) is 24.4 Å². The van der Waals surface area contributed by atoms with Crippen molar-refractivity contribution in [3.05, 3.63) is 29.8 Å². The van der Waals surface area contributed by atoms with Gasteiger partial charge in [0.2, 0.25) is 0 Å². The van der Waals surface area contributed by atoms with Gasteiger partial charge in [-0.05, 0) is 49.4 Å². The number of benzene rings is 1. The molecule has 0 spiro atoms. The summed E-state index contributed by atoms with van der Waals surface area (Å²) >= 11 is 9.91. The number of rotatable bonds is 2. The zero-order chi connectivity index (χ0) is 15.5. The lowest BCUT2D eigenvalue weighted by Gasteiger charge is -2.17. The van der Waals surface area contributed by atoms with Crippen LogP contribution in [-0.2, 0) is 6.18 Å². The van der Waals surface area contributed by atoms with E-state index in [2.05, 4.69) is 21.5 Å². The van der Waals surface area contributed by atoms with Crippen molar-refractivity contribution in [3.63, 3.8) is 0 Å². The maximum atomic E-state index is 12.8. The number of hydrogen-bond donors (Lipinski definition) is 4. The van der Waals surface area contributed by atoms with Gasteiger partial charge >= 0.3 is 6.18 Å². The molecule has 1 aliphatic carbocycles. The third kappa shape index (κ3) is 5.01. The van der Waals surface area contributed by atoms with Crippen LogP contribution in [0.25, 0.3) is 0 Å². The van der Waals surface area contributed by atoms with E-state index in [1.54, 1.807) is 0 Å². The molecule has 0 bridgehead atoms. The normalized spacial score (nSPS) is 14.2. The summed E-state index contributed by atoms with van der Waals surface area (Å²) in [6.07, 6.45) is -2.33. The van der Waals surface area contributed by atoms with Crippen LogP contribution in [0.2, 0.25) is 0 Å². The van der Waals surface area contributed by atoms with Crippen LogP contribution in [0.5, 0.6) is 0 Å². The molecule has 1 aromatic rings. The van der Waals surface area contributed by atoms with Crippen molar-refractivity contribution in [2.45, 2.75) is 25.1 Å². The first-order chi connectivity index (χ1) is 9.86. The van der Waals surface area contributed by atoms with Crippen molar-refractivity contribution < 1.29 is 13.2 Å². The smallest absolute Gasteiger partial charge is 0.359 e. The lowest BCUT2D eigenvalue weighted by molar-refractivity contribution is -0.136. The van der Waals surface area contributed by atoms with Crippen LogP contribution in [0.3, 0.4) is 0 Å². The highest BCUT2D eigenvalue weighted by molar-refractivity contribution is 7.80. The van der Waals surface area contributed by atoms with E-state index in [0.717, 1.165) is 18.9 Å². The number of alkyl halides is 3. The van der Waals surface area contributed by atoms with Crippen molar-refractivity contribution in [1.29, 1.82) is 0 Å². The number of thiocarbonyl (C=S) groups is 2. The van der Waals surface area contributed by atoms with E-state index in [-0.39, 0.29) is 10.8 Å². The molecule has 1 fully saturated rings. The predicted octanol–water partition coefficient (Wildman–Crippen LogP) is 2.53. The molecule has 0 radical (unpaired) electrons. The van der Waals surface area contributed by atoms with Gasteiger partial charge in [-0.15, -0.1) is 0 Å². The minimum Gasteiger partial charge on any atom is -0.359 e. The molecular weight excluding hydrogens is 321 g/mol. The molecule has 0 amide bonds. The third-order valence-corrected chi connectivity index (χ3v) is 3.11. The molecule has 0 unspecified atom stereocenters. The first-order valence-corrected chi connectivity index (χ1v) is 6.97. The van der Waals surface area contributed by atoms with Crippen LogP contribution in [0.4, 0.5) is 18.9 Å². The van der Waals surface area contributed by atoms with E-state index in [1.807, 2.05) is 0 Å². The first kappa shape index (κ1) is 15.8. The molecule has 21 heavy (non-hydrogen) atoms. The van der Waals surface area contributed by atoms with E-state index >= 15 is 0 Å². The molecule has 114 valence electrons. The van der Waals surface area contributed by atoms with Crippen molar-refractivity contribution >= 4 is 40.3 Å². The average molecular weight is 334 g/mol. The number of hydrazine groups is 1. The molecule has 1 aromatic carbocycles. The average Bonchev–Trinajstić information content (AvgIpc) is 3.20. The van der Waals surface area contributed by atoms with Crippen LogP contribution in [0, 0.1) is 0 Å². The van der Waals surface area contributed by atoms with Gasteiger partial charge < -0.3 is 10.6 Å². The summed E-state index contributed by atoms with van der Waals surface area (Å²) in [5.74, 6) is 0. The Labute approximate surface area is 130 Å². The van der Waals surface area contributed by atoms with Crippen molar-refractivity contribution in [2.75, 3.05) is 5.32 Å². The van der Waals surface area contributed by atoms with Gasteiger partial charge in [-0.2, -0.15) is 13.2 Å².